The van der Waals surface area contributed by atoms with E-state index in [0.717, 1.165) is 28.8 Å². The van der Waals surface area contributed by atoms with Crippen molar-refractivity contribution in [2.45, 2.75) is 39.0 Å². The maximum absolute atomic E-state index is 12.0. The molecule has 5 nitrogen and oxygen atoms in total. The first kappa shape index (κ1) is 17.8. The lowest BCUT2D eigenvalue weighted by atomic mass is 10.2. The minimum Gasteiger partial charge on any atom is -0.370 e. The average molecular weight is 381 g/mol. The third kappa shape index (κ3) is 5.86. The monoisotopic (exact) mass is 380 g/mol. The Hall–Kier alpha value is -1.56. The number of hydrogen-bond acceptors (Lipinski definition) is 2. The van der Waals surface area contributed by atoms with Gasteiger partial charge in [-0.1, -0.05) is 28.8 Å². The fraction of sp³-hybridized carbons (Fsp3) is 0.529. The topological polar surface area (TPSA) is 70.7 Å². The van der Waals surface area contributed by atoms with Gasteiger partial charge in [0.05, 0.1) is 6.54 Å². The highest BCUT2D eigenvalue weighted by atomic mass is 79.9. The van der Waals surface area contributed by atoms with E-state index in [2.05, 4.69) is 31.1 Å². The Morgan fingerprint density at radius 1 is 1.30 bits per heavy atom. The van der Waals surface area contributed by atoms with Crippen molar-refractivity contribution in [3.63, 3.8) is 0 Å². The van der Waals surface area contributed by atoms with Gasteiger partial charge in [-0.3, -0.25) is 9.79 Å². The number of nitrogens with zero attached hydrogens (tertiary/aromatic N) is 2. The van der Waals surface area contributed by atoms with Gasteiger partial charge in [0.2, 0.25) is 5.91 Å². The number of anilines is 1. The van der Waals surface area contributed by atoms with E-state index in [9.17, 15) is 4.79 Å². The van der Waals surface area contributed by atoms with E-state index in [1.54, 1.807) is 0 Å². The quantitative estimate of drug-likeness (QED) is 0.621. The lowest BCUT2D eigenvalue weighted by molar-refractivity contribution is -0.116. The molecule has 0 atom stereocenters. The van der Waals surface area contributed by atoms with Gasteiger partial charge in [0.15, 0.2) is 5.96 Å². The van der Waals surface area contributed by atoms with Crippen molar-refractivity contribution in [3.05, 3.63) is 28.2 Å². The zero-order chi connectivity index (χ0) is 16.7. The van der Waals surface area contributed by atoms with Crippen LogP contribution >= 0.6 is 15.9 Å². The Balaban J connectivity index is 1.80. The summed E-state index contributed by atoms with van der Waals surface area (Å²) >= 11 is 3.41. The van der Waals surface area contributed by atoms with Gasteiger partial charge in [0.1, 0.15) is 0 Å². The molecule has 0 bridgehead atoms. The number of guanidine groups is 1. The van der Waals surface area contributed by atoms with Gasteiger partial charge < -0.3 is 16.0 Å². The first-order valence-corrected chi connectivity index (χ1v) is 8.96. The van der Waals surface area contributed by atoms with E-state index < -0.39 is 0 Å². The average Bonchev–Trinajstić information content (AvgIpc) is 2.79. The molecule has 6 heteroatoms. The van der Waals surface area contributed by atoms with Crippen LogP contribution in [0.2, 0.25) is 0 Å². The molecular formula is C17H25BrN4O. The molecule has 2 rings (SSSR count). The summed E-state index contributed by atoms with van der Waals surface area (Å²) in [6, 6.07) is 5.79. The molecule has 1 aliphatic heterocycles. The highest BCUT2D eigenvalue weighted by molar-refractivity contribution is 9.10. The number of halogens is 1. The molecule has 1 aromatic carbocycles. The van der Waals surface area contributed by atoms with Gasteiger partial charge in [0, 0.05) is 29.7 Å². The second-order valence-electron chi connectivity index (χ2n) is 5.90. The summed E-state index contributed by atoms with van der Waals surface area (Å²) in [5, 5.41) is 2.92. The molecule has 1 amide bonds. The maximum Gasteiger partial charge on any atom is 0.226 e. The molecule has 0 radical (unpaired) electrons. The number of nitrogens with one attached hydrogen (secondary N) is 1. The van der Waals surface area contributed by atoms with Crippen molar-refractivity contribution < 1.29 is 4.79 Å². The summed E-state index contributed by atoms with van der Waals surface area (Å²) in [6.07, 6.45) is 5.20. The molecule has 0 aromatic heterocycles. The standard InChI is InChI=1S/C17H25BrN4O/c1-13-12-14(18)6-7-15(13)21-16(23)8-9-20-17(19)22-10-4-2-3-5-11-22/h6-7,12H,2-5,8-11H2,1H3,(H2,19,20)(H,21,23). The zero-order valence-corrected chi connectivity index (χ0v) is 15.2. The van der Waals surface area contributed by atoms with Crippen molar-refractivity contribution in [1.82, 2.24) is 4.90 Å². The van der Waals surface area contributed by atoms with Crippen LogP contribution in [-0.4, -0.2) is 36.4 Å². The minimum absolute atomic E-state index is 0.0390. The van der Waals surface area contributed by atoms with Crippen LogP contribution < -0.4 is 11.1 Å². The Labute approximate surface area is 146 Å². The van der Waals surface area contributed by atoms with Crippen LogP contribution in [0, 0.1) is 6.92 Å². The molecule has 126 valence electrons. The molecule has 0 saturated carbocycles. The highest BCUT2D eigenvalue weighted by Crippen LogP contribution is 2.20. The van der Waals surface area contributed by atoms with Crippen LogP contribution in [0.25, 0.3) is 0 Å². The normalized spacial score (nSPS) is 16.1. The van der Waals surface area contributed by atoms with Crippen LogP contribution in [-0.2, 0) is 4.79 Å². The van der Waals surface area contributed by atoms with Crippen molar-refractivity contribution in [1.29, 1.82) is 0 Å². The molecule has 1 fully saturated rings. The number of carbonyl (C=O) groups excluding carboxylic acids is 1. The summed E-state index contributed by atoms with van der Waals surface area (Å²) < 4.78 is 1.00. The molecule has 1 aromatic rings. The Bertz CT molecular complexity index is 566. The first-order chi connectivity index (χ1) is 11.1. The molecule has 1 aliphatic rings. The van der Waals surface area contributed by atoms with Crippen molar-refractivity contribution in [2.24, 2.45) is 10.7 Å². The summed E-state index contributed by atoms with van der Waals surface area (Å²) in [7, 11) is 0. The summed E-state index contributed by atoms with van der Waals surface area (Å²) in [6.45, 7) is 4.33. The molecule has 0 unspecified atom stereocenters. The van der Waals surface area contributed by atoms with E-state index in [1.807, 2.05) is 25.1 Å². The molecule has 0 aliphatic carbocycles. The van der Waals surface area contributed by atoms with E-state index in [-0.39, 0.29) is 5.91 Å². The van der Waals surface area contributed by atoms with Crippen LogP contribution in [0.15, 0.2) is 27.7 Å². The summed E-state index contributed by atoms with van der Waals surface area (Å²) in [4.78, 5) is 18.5. The third-order valence-electron chi connectivity index (χ3n) is 4.01. The number of aliphatic imine (C=N–C) groups is 1. The Morgan fingerprint density at radius 3 is 2.65 bits per heavy atom. The minimum atomic E-state index is -0.0390. The number of likely N-dealkylation sites (tertiary alicyclic amines) is 1. The van der Waals surface area contributed by atoms with Crippen LogP contribution in [0.5, 0.6) is 0 Å². The number of carbonyl (C=O) groups is 1. The van der Waals surface area contributed by atoms with Gasteiger partial charge in [-0.05, 0) is 43.5 Å². The largest absolute Gasteiger partial charge is 0.370 e. The molecular weight excluding hydrogens is 356 g/mol. The van der Waals surface area contributed by atoms with Gasteiger partial charge in [0.25, 0.3) is 0 Å². The smallest absolute Gasteiger partial charge is 0.226 e. The van der Waals surface area contributed by atoms with Crippen LogP contribution in [0.3, 0.4) is 0 Å². The molecule has 1 saturated heterocycles. The lowest BCUT2D eigenvalue weighted by Gasteiger charge is -2.21. The number of nitrogens with two attached hydrogens (primary N) is 1. The SMILES string of the molecule is Cc1cc(Br)ccc1NC(=O)CCN=C(N)N1CCCCCC1. The number of rotatable bonds is 4. The van der Waals surface area contributed by atoms with E-state index in [4.69, 9.17) is 5.73 Å². The third-order valence-corrected chi connectivity index (χ3v) is 4.50. The second-order valence-corrected chi connectivity index (χ2v) is 6.81. The lowest BCUT2D eigenvalue weighted by Crippen LogP contribution is -2.38. The molecule has 23 heavy (non-hydrogen) atoms. The molecule has 0 spiro atoms. The van der Waals surface area contributed by atoms with E-state index in [0.29, 0.717) is 18.9 Å². The number of aryl methyl sites for hydroxylation is 1. The maximum atomic E-state index is 12.0. The Kier molecular flexibility index (Phi) is 6.89. The Morgan fingerprint density at radius 2 is 2.00 bits per heavy atom. The molecule has 1 heterocycles. The number of amides is 1. The van der Waals surface area contributed by atoms with E-state index >= 15 is 0 Å². The van der Waals surface area contributed by atoms with Crippen molar-refractivity contribution in [2.75, 3.05) is 25.0 Å². The fourth-order valence-electron chi connectivity index (χ4n) is 2.65. The van der Waals surface area contributed by atoms with Crippen molar-refractivity contribution >= 4 is 33.5 Å². The van der Waals surface area contributed by atoms with Crippen LogP contribution in [0.4, 0.5) is 5.69 Å². The number of hydrogen-bond donors (Lipinski definition) is 2. The predicted octanol–water partition coefficient (Wildman–Crippen LogP) is 3.28. The van der Waals surface area contributed by atoms with Gasteiger partial charge in [-0.2, -0.15) is 0 Å². The fourth-order valence-corrected chi connectivity index (χ4v) is 3.13. The number of benzene rings is 1. The summed E-state index contributed by atoms with van der Waals surface area (Å²) in [5.41, 5.74) is 7.90. The van der Waals surface area contributed by atoms with Gasteiger partial charge in [-0.15, -0.1) is 0 Å². The van der Waals surface area contributed by atoms with Crippen molar-refractivity contribution in [3.8, 4) is 0 Å². The highest BCUT2D eigenvalue weighted by Gasteiger charge is 2.11. The predicted molar refractivity (Wildman–Crippen MR) is 98.7 cm³/mol. The summed E-state index contributed by atoms with van der Waals surface area (Å²) in [5.74, 6) is 0.530. The van der Waals surface area contributed by atoms with Gasteiger partial charge >= 0.3 is 0 Å². The molecule has 3 N–H and O–H groups in total. The van der Waals surface area contributed by atoms with Gasteiger partial charge in [-0.25, -0.2) is 0 Å². The van der Waals surface area contributed by atoms with Crippen LogP contribution in [0.1, 0.15) is 37.7 Å². The first-order valence-electron chi connectivity index (χ1n) is 8.17. The zero-order valence-electron chi connectivity index (χ0n) is 13.6. The van der Waals surface area contributed by atoms with E-state index in [1.165, 1.54) is 25.7 Å². The second kappa shape index (κ2) is 8.91.